The first-order valence-electron chi connectivity index (χ1n) is 4.54. The first-order chi connectivity index (χ1) is 7.36. The maximum Gasteiger partial charge on any atom is 0.145 e. The third kappa shape index (κ3) is 2.37. The van der Waals surface area contributed by atoms with Gasteiger partial charge in [-0.25, -0.2) is 0 Å². The van der Waals surface area contributed by atoms with E-state index in [1.165, 1.54) is 0 Å². The number of nitrogen functional groups attached to an aromatic ring is 1. The van der Waals surface area contributed by atoms with Crippen molar-refractivity contribution in [2.75, 3.05) is 5.73 Å². The van der Waals surface area contributed by atoms with Crippen LogP contribution in [0.1, 0.15) is 0 Å². The van der Waals surface area contributed by atoms with E-state index in [4.69, 9.17) is 10.2 Å². The number of hydrogen-bond acceptors (Lipinski definition) is 3. The summed E-state index contributed by atoms with van der Waals surface area (Å²) in [7, 11) is 0. The number of benzene rings is 1. The summed E-state index contributed by atoms with van der Waals surface area (Å²) in [5.41, 5.74) is 6.09. The number of nitrogens with one attached hydrogen (secondary N) is 1. The van der Waals surface area contributed by atoms with Crippen molar-refractivity contribution in [3.63, 3.8) is 0 Å². The molecule has 0 aliphatic rings. The number of furan rings is 1. The zero-order valence-electron chi connectivity index (χ0n) is 8.05. The van der Waals surface area contributed by atoms with Crippen LogP contribution in [0.25, 0.3) is 11.0 Å². The summed E-state index contributed by atoms with van der Waals surface area (Å²) in [4.78, 5) is 0. The van der Waals surface area contributed by atoms with E-state index in [-0.39, 0.29) is 0 Å². The van der Waals surface area contributed by atoms with Crippen LogP contribution in [0.3, 0.4) is 0 Å². The van der Waals surface area contributed by atoms with Crippen LogP contribution >= 0.6 is 0 Å². The van der Waals surface area contributed by atoms with E-state index < -0.39 is 0 Å². The van der Waals surface area contributed by atoms with Crippen LogP contribution in [0, 0.1) is 0 Å². The van der Waals surface area contributed by atoms with Gasteiger partial charge >= 0.3 is 0 Å². The third-order valence-electron chi connectivity index (χ3n) is 1.88. The topological polar surface area (TPSA) is 67.8 Å². The second kappa shape index (κ2) is 4.32. The van der Waals surface area contributed by atoms with E-state index >= 15 is 0 Å². The molecule has 0 bridgehead atoms. The molecule has 0 radical (unpaired) electrons. The van der Waals surface area contributed by atoms with Crippen LogP contribution in [-0.2, 0) is 0 Å². The van der Waals surface area contributed by atoms with E-state index in [0.717, 1.165) is 11.0 Å². The maximum absolute atomic E-state index is 5.14. The largest absolute Gasteiger partial charge is 0.464 e. The Labute approximate surface area is 86.7 Å². The van der Waals surface area contributed by atoms with Gasteiger partial charge in [0, 0.05) is 11.6 Å². The van der Waals surface area contributed by atoms with Crippen molar-refractivity contribution in [3.05, 3.63) is 48.9 Å². The van der Waals surface area contributed by atoms with Crippen LogP contribution in [-0.4, -0.2) is 10.2 Å². The average molecular weight is 201 g/mol. The van der Waals surface area contributed by atoms with Gasteiger partial charge in [-0.3, -0.25) is 5.10 Å². The molecular weight excluding hydrogens is 190 g/mol. The molecule has 1 aromatic carbocycles. The molecule has 3 aromatic rings. The van der Waals surface area contributed by atoms with Crippen molar-refractivity contribution < 1.29 is 4.42 Å². The molecule has 4 nitrogen and oxygen atoms in total. The number of nitrogens with two attached hydrogens (primary N) is 1. The Kier molecular flexibility index (Phi) is 2.69. The molecule has 0 fully saturated rings. The minimum atomic E-state index is 0.537. The SMILES string of the molecule is Nc1cc[nH]n1.c1ccc2occc2c1. The van der Waals surface area contributed by atoms with Gasteiger partial charge in [0.15, 0.2) is 0 Å². The highest BCUT2D eigenvalue weighted by atomic mass is 16.3. The molecule has 0 saturated carbocycles. The summed E-state index contributed by atoms with van der Waals surface area (Å²) in [6, 6.07) is 11.6. The number of hydrogen-bond donors (Lipinski definition) is 2. The monoisotopic (exact) mass is 201 g/mol. The van der Waals surface area contributed by atoms with Crippen molar-refractivity contribution in [2.45, 2.75) is 0 Å². The molecule has 2 aromatic heterocycles. The Balaban J connectivity index is 0.000000124. The highest BCUT2D eigenvalue weighted by Gasteiger charge is 1.89. The molecule has 3 N–H and O–H groups in total. The number of nitrogens with zero attached hydrogens (tertiary/aromatic N) is 1. The lowest BCUT2D eigenvalue weighted by atomic mass is 10.3. The Morgan fingerprint density at radius 1 is 1.13 bits per heavy atom. The molecule has 0 spiro atoms. The van der Waals surface area contributed by atoms with E-state index in [2.05, 4.69) is 10.2 Å². The molecule has 0 atom stereocenters. The molecule has 0 unspecified atom stereocenters. The standard InChI is InChI=1S/C8H6O.C3H5N3/c1-2-4-8-7(3-1)5-6-9-8;4-3-1-2-5-6-3/h1-6H;1-2H,(H3,4,5,6). The van der Waals surface area contributed by atoms with E-state index in [1.54, 1.807) is 18.5 Å². The van der Waals surface area contributed by atoms with E-state index in [0.29, 0.717) is 5.82 Å². The van der Waals surface area contributed by atoms with Crippen molar-refractivity contribution in [1.29, 1.82) is 0 Å². The number of rotatable bonds is 0. The number of aromatic amines is 1. The molecule has 76 valence electrons. The Bertz CT molecular complexity index is 483. The second-order valence-corrected chi connectivity index (χ2v) is 2.96. The van der Waals surface area contributed by atoms with Crippen molar-refractivity contribution in [1.82, 2.24) is 10.2 Å². The second-order valence-electron chi connectivity index (χ2n) is 2.96. The Hall–Kier alpha value is -2.23. The average Bonchev–Trinajstić information content (AvgIpc) is 2.88. The number of H-pyrrole nitrogens is 1. The fourth-order valence-corrected chi connectivity index (χ4v) is 1.18. The number of anilines is 1. The number of aromatic nitrogens is 2. The van der Waals surface area contributed by atoms with Gasteiger partial charge in [-0.1, -0.05) is 18.2 Å². The molecule has 0 aliphatic carbocycles. The fourth-order valence-electron chi connectivity index (χ4n) is 1.18. The fraction of sp³-hybridized carbons (Fsp3) is 0. The van der Waals surface area contributed by atoms with Crippen molar-refractivity contribution >= 4 is 16.8 Å². The third-order valence-corrected chi connectivity index (χ3v) is 1.88. The Morgan fingerprint density at radius 3 is 2.60 bits per heavy atom. The minimum absolute atomic E-state index is 0.537. The first kappa shape index (κ1) is 9.33. The molecule has 0 aliphatic heterocycles. The predicted octanol–water partition coefficient (Wildman–Crippen LogP) is 2.42. The summed E-state index contributed by atoms with van der Waals surface area (Å²) in [6.07, 6.45) is 3.38. The molecule has 15 heavy (non-hydrogen) atoms. The minimum Gasteiger partial charge on any atom is -0.464 e. The van der Waals surface area contributed by atoms with Crippen molar-refractivity contribution in [3.8, 4) is 0 Å². The summed E-state index contributed by atoms with van der Waals surface area (Å²) in [5.74, 6) is 0.537. The summed E-state index contributed by atoms with van der Waals surface area (Å²) >= 11 is 0. The number of fused-ring (bicyclic) bond motifs is 1. The summed E-state index contributed by atoms with van der Waals surface area (Å²) < 4.78 is 5.12. The van der Waals surface area contributed by atoms with Gasteiger partial charge in [-0.15, -0.1) is 0 Å². The molecule has 2 heterocycles. The van der Waals surface area contributed by atoms with Gasteiger partial charge < -0.3 is 10.2 Å². The lowest BCUT2D eigenvalue weighted by Crippen LogP contribution is -1.81. The highest BCUT2D eigenvalue weighted by molar-refractivity contribution is 5.76. The van der Waals surface area contributed by atoms with Gasteiger partial charge in [0.1, 0.15) is 11.4 Å². The maximum atomic E-state index is 5.14. The van der Waals surface area contributed by atoms with Crippen LogP contribution < -0.4 is 5.73 Å². The van der Waals surface area contributed by atoms with Crippen LogP contribution in [0.2, 0.25) is 0 Å². The van der Waals surface area contributed by atoms with Gasteiger partial charge in [-0.2, -0.15) is 5.10 Å². The smallest absolute Gasteiger partial charge is 0.145 e. The van der Waals surface area contributed by atoms with E-state index in [1.807, 2.05) is 30.3 Å². The van der Waals surface area contributed by atoms with Gasteiger partial charge in [0.05, 0.1) is 6.26 Å². The van der Waals surface area contributed by atoms with Crippen LogP contribution in [0.4, 0.5) is 5.82 Å². The first-order valence-corrected chi connectivity index (χ1v) is 4.54. The zero-order chi connectivity index (χ0) is 10.5. The lowest BCUT2D eigenvalue weighted by molar-refractivity contribution is 0.616. The Morgan fingerprint density at radius 2 is 2.00 bits per heavy atom. The van der Waals surface area contributed by atoms with E-state index in [9.17, 15) is 0 Å². The van der Waals surface area contributed by atoms with Crippen LogP contribution in [0.15, 0.2) is 53.3 Å². The van der Waals surface area contributed by atoms with Crippen molar-refractivity contribution in [2.24, 2.45) is 0 Å². The molecule has 4 heteroatoms. The lowest BCUT2D eigenvalue weighted by Gasteiger charge is -1.81. The summed E-state index contributed by atoms with van der Waals surface area (Å²) in [6.45, 7) is 0. The van der Waals surface area contributed by atoms with Gasteiger partial charge in [0.25, 0.3) is 0 Å². The number of para-hydroxylation sites is 1. The predicted molar refractivity (Wildman–Crippen MR) is 59.2 cm³/mol. The quantitative estimate of drug-likeness (QED) is 0.587. The zero-order valence-corrected chi connectivity index (χ0v) is 8.05. The highest BCUT2D eigenvalue weighted by Crippen LogP contribution is 2.12. The van der Waals surface area contributed by atoms with Gasteiger partial charge in [0.2, 0.25) is 0 Å². The summed E-state index contributed by atoms with van der Waals surface area (Å²) in [5, 5.41) is 7.29. The molecular formula is C11H11N3O. The molecule has 3 rings (SSSR count). The molecule has 0 saturated heterocycles. The molecule has 0 amide bonds. The normalized spacial score (nSPS) is 9.60. The van der Waals surface area contributed by atoms with Gasteiger partial charge in [-0.05, 0) is 18.2 Å². The van der Waals surface area contributed by atoms with Crippen LogP contribution in [0.5, 0.6) is 0 Å².